The van der Waals surface area contributed by atoms with Gasteiger partial charge in [0.15, 0.2) is 0 Å². The van der Waals surface area contributed by atoms with Crippen LogP contribution in [0.2, 0.25) is 0 Å². The Morgan fingerprint density at radius 1 is 1.55 bits per heavy atom. The molecule has 5 nitrogen and oxygen atoms in total. The van der Waals surface area contributed by atoms with E-state index in [0.29, 0.717) is 0 Å². The van der Waals surface area contributed by atoms with E-state index < -0.39 is 24.8 Å². The molecule has 0 aliphatic rings. The lowest BCUT2D eigenvalue weighted by Gasteiger charge is -2.09. The number of rotatable bonds is 4. The maximum Gasteiger partial charge on any atom is 0.334 e. The first kappa shape index (κ1) is 10.3. The largest absolute Gasteiger partial charge is 0.461 e. The normalized spacial score (nSPS) is 15.6. The van der Waals surface area contributed by atoms with Crippen molar-refractivity contribution in [3.05, 3.63) is 0 Å². The zero-order valence-corrected chi connectivity index (χ0v) is 6.23. The van der Waals surface area contributed by atoms with Gasteiger partial charge in [-0.05, 0) is 6.92 Å². The monoisotopic (exact) mass is 164 g/mol. The average molecular weight is 164 g/mol. The van der Waals surface area contributed by atoms with Crippen LogP contribution < -0.4 is 0 Å². The van der Waals surface area contributed by atoms with Crippen LogP contribution in [0.4, 0.5) is 0 Å². The van der Waals surface area contributed by atoms with Crippen LogP contribution in [0, 0.1) is 0 Å². The van der Waals surface area contributed by atoms with Crippen molar-refractivity contribution < 1.29 is 24.9 Å². The summed E-state index contributed by atoms with van der Waals surface area (Å²) in [5, 5.41) is 25.6. The number of aliphatic hydroxyl groups is 3. The van der Waals surface area contributed by atoms with E-state index in [1.54, 1.807) is 0 Å². The standard InChI is InChI=1S/C6H12O5/c1-4(8)6(10)11-3-5(9)2-7/h4-5,7-9H,2-3H2,1H3/t4-,5+/m1/s1. The summed E-state index contributed by atoms with van der Waals surface area (Å²) in [6.45, 7) is 0.501. The Labute approximate surface area is 64.2 Å². The molecular formula is C6H12O5. The maximum atomic E-state index is 10.5. The molecule has 0 aliphatic heterocycles. The predicted octanol–water partition coefficient (Wildman–Crippen LogP) is -1.74. The molecule has 0 aromatic heterocycles. The molecule has 2 atom stereocenters. The number of carbonyl (C=O) groups is 1. The van der Waals surface area contributed by atoms with Crippen LogP contribution >= 0.6 is 0 Å². The zero-order chi connectivity index (χ0) is 8.85. The SMILES string of the molecule is C[C@@H](O)C(=O)OC[C@@H](O)CO. The molecule has 3 N–H and O–H groups in total. The summed E-state index contributed by atoms with van der Waals surface area (Å²) >= 11 is 0. The summed E-state index contributed by atoms with van der Waals surface area (Å²) in [5.74, 6) is -0.808. The lowest BCUT2D eigenvalue weighted by atomic mass is 10.4. The molecule has 0 rings (SSSR count). The average Bonchev–Trinajstić information content (AvgIpc) is 1.99. The molecule has 0 unspecified atom stereocenters. The molecule has 5 heteroatoms. The van der Waals surface area contributed by atoms with E-state index in [1.807, 2.05) is 0 Å². The van der Waals surface area contributed by atoms with Crippen molar-refractivity contribution >= 4 is 5.97 Å². The second-order valence-electron chi connectivity index (χ2n) is 2.14. The third-order valence-electron chi connectivity index (χ3n) is 0.970. The van der Waals surface area contributed by atoms with Crippen molar-refractivity contribution in [3.63, 3.8) is 0 Å². The molecule has 0 heterocycles. The van der Waals surface area contributed by atoms with E-state index in [4.69, 9.17) is 15.3 Å². The van der Waals surface area contributed by atoms with Crippen LogP contribution in [0.5, 0.6) is 0 Å². The highest BCUT2D eigenvalue weighted by Crippen LogP contribution is 1.89. The molecular weight excluding hydrogens is 152 g/mol. The third kappa shape index (κ3) is 4.72. The fraction of sp³-hybridized carbons (Fsp3) is 0.833. The Bertz CT molecular complexity index is 122. The number of esters is 1. The van der Waals surface area contributed by atoms with E-state index in [-0.39, 0.29) is 6.61 Å². The van der Waals surface area contributed by atoms with Gasteiger partial charge in [-0.3, -0.25) is 0 Å². The van der Waals surface area contributed by atoms with Crippen molar-refractivity contribution in [2.45, 2.75) is 19.1 Å². The number of ether oxygens (including phenoxy) is 1. The fourth-order valence-electron chi connectivity index (χ4n) is 0.352. The van der Waals surface area contributed by atoms with Gasteiger partial charge in [-0.1, -0.05) is 0 Å². The van der Waals surface area contributed by atoms with Crippen molar-refractivity contribution in [1.82, 2.24) is 0 Å². The summed E-state index contributed by atoms with van der Waals surface area (Å²) < 4.78 is 4.36. The van der Waals surface area contributed by atoms with Crippen LogP contribution in [-0.4, -0.2) is 46.7 Å². The summed E-state index contributed by atoms with van der Waals surface area (Å²) in [7, 11) is 0. The second kappa shape index (κ2) is 5.06. The number of hydrogen-bond acceptors (Lipinski definition) is 5. The van der Waals surface area contributed by atoms with Gasteiger partial charge >= 0.3 is 5.97 Å². The molecule has 0 spiro atoms. The van der Waals surface area contributed by atoms with Crippen LogP contribution in [0.25, 0.3) is 0 Å². The van der Waals surface area contributed by atoms with Gasteiger partial charge in [0, 0.05) is 0 Å². The number of aliphatic hydroxyl groups excluding tert-OH is 3. The van der Waals surface area contributed by atoms with Crippen LogP contribution in [0.1, 0.15) is 6.92 Å². The first-order chi connectivity index (χ1) is 5.07. The first-order valence-electron chi connectivity index (χ1n) is 3.21. The summed E-state index contributed by atoms with van der Waals surface area (Å²) in [6.07, 6.45) is -2.27. The highest BCUT2D eigenvalue weighted by Gasteiger charge is 2.12. The van der Waals surface area contributed by atoms with Crippen molar-refractivity contribution in [3.8, 4) is 0 Å². The smallest absolute Gasteiger partial charge is 0.334 e. The first-order valence-corrected chi connectivity index (χ1v) is 3.21. The molecule has 0 aliphatic carbocycles. The lowest BCUT2D eigenvalue weighted by Crippen LogP contribution is -2.26. The molecule has 0 radical (unpaired) electrons. The van der Waals surface area contributed by atoms with Gasteiger partial charge in [-0.15, -0.1) is 0 Å². The number of hydrogen-bond donors (Lipinski definition) is 3. The highest BCUT2D eigenvalue weighted by molar-refractivity contribution is 5.73. The van der Waals surface area contributed by atoms with Gasteiger partial charge in [0.05, 0.1) is 6.61 Å². The molecule has 0 saturated heterocycles. The summed E-state index contributed by atoms with van der Waals surface area (Å²) in [4.78, 5) is 10.5. The van der Waals surface area contributed by atoms with Gasteiger partial charge in [0.1, 0.15) is 18.8 Å². The highest BCUT2D eigenvalue weighted by atomic mass is 16.6. The Kier molecular flexibility index (Phi) is 4.76. The minimum Gasteiger partial charge on any atom is -0.461 e. The minimum atomic E-state index is -1.19. The Morgan fingerprint density at radius 3 is 2.45 bits per heavy atom. The Hall–Kier alpha value is -0.650. The van der Waals surface area contributed by atoms with Gasteiger partial charge in [-0.25, -0.2) is 4.79 Å². The molecule has 0 fully saturated rings. The van der Waals surface area contributed by atoms with Crippen molar-refractivity contribution in [2.24, 2.45) is 0 Å². The number of carbonyl (C=O) groups excluding carboxylic acids is 1. The zero-order valence-electron chi connectivity index (χ0n) is 6.23. The fourth-order valence-corrected chi connectivity index (χ4v) is 0.352. The molecule has 0 amide bonds. The second-order valence-corrected chi connectivity index (χ2v) is 2.14. The molecule has 0 aromatic rings. The van der Waals surface area contributed by atoms with Gasteiger partial charge in [0.2, 0.25) is 0 Å². The summed E-state index contributed by atoms with van der Waals surface area (Å²) in [6, 6.07) is 0. The molecule has 11 heavy (non-hydrogen) atoms. The van der Waals surface area contributed by atoms with Gasteiger partial charge < -0.3 is 20.1 Å². The van der Waals surface area contributed by atoms with Gasteiger partial charge in [-0.2, -0.15) is 0 Å². The van der Waals surface area contributed by atoms with Crippen LogP contribution in [0.3, 0.4) is 0 Å². The van der Waals surface area contributed by atoms with Crippen molar-refractivity contribution in [1.29, 1.82) is 0 Å². The van der Waals surface area contributed by atoms with E-state index in [2.05, 4.69) is 4.74 Å². The third-order valence-corrected chi connectivity index (χ3v) is 0.970. The molecule has 66 valence electrons. The van der Waals surface area contributed by atoms with E-state index in [1.165, 1.54) is 6.92 Å². The molecule has 0 bridgehead atoms. The van der Waals surface area contributed by atoms with E-state index in [9.17, 15) is 4.79 Å². The van der Waals surface area contributed by atoms with Gasteiger partial charge in [0.25, 0.3) is 0 Å². The van der Waals surface area contributed by atoms with Crippen LogP contribution in [-0.2, 0) is 9.53 Å². The van der Waals surface area contributed by atoms with E-state index >= 15 is 0 Å². The quantitative estimate of drug-likeness (QED) is 0.429. The topological polar surface area (TPSA) is 87.0 Å². The predicted molar refractivity (Wildman–Crippen MR) is 35.7 cm³/mol. The Morgan fingerprint density at radius 2 is 2.09 bits per heavy atom. The lowest BCUT2D eigenvalue weighted by molar-refractivity contribution is -0.156. The van der Waals surface area contributed by atoms with Crippen molar-refractivity contribution in [2.75, 3.05) is 13.2 Å². The van der Waals surface area contributed by atoms with Crippen LogP contribution in [0.15, 0.2) is 0 Å². The minimum absolute atomic E-state index is 0.291. The summed E-state index contributed by atoms with van der Waals surface area (Å²) in [5.41, 5.74) is 0. The Balaban J connectivity index is 3.46. The molecule has 0 aromatic carbocycles. The maximum absolute atomic E-state index is 10.5. The van der Waals surface area contributed by atoms with E-state index in [0.717, 1.165) is 0 Å². The molecule has 0 saturated carbocycles.